The monoisotopic (exact) mass is 449 g/mol. The highest BCUT2D eigenvalue weighted by Gasteiger charge is 2.27. The highest BCUT2D eigenvalue weighted by molar-refractivity contribution is 7.89. The van der Waals surface area contributed by atoms with Crippen LogP contribution in [0.4, 0.5) is 11.5 Å². The summed E-state index contributed by atoms with van der Waals surface area (Å²) in [4.78, 5) is 4.94. The van der Waals surface area contributed by atoms with E-state index in [2.05, 4.69) is 10.0 Å². The number of aliphatic hydroxyl groups excluding tert-OH is 1. The zero-order valence-corrected chi connectivity index (χ0v) is 18.1. The second-order valence-corrected chi connectivity index (χ2v) is 9.54. The van der Waals surface area contributed by atoms with Crippen LogP contribution in [-0.4, -0.2) is 41.3 Å². The predicted octanol–water partition coefficient (Wildman–Crippen LogP) is 3.29. The lowest BCUT2D eigenvalue weighted by molar-refractivity contribution is 0.301. The van der Waals surface area contributed by atoms with Gasteiger partial charge < -0.3 is 10.4 Å². The Labute approximate surface area is 186 Å². The summed E-state index contributed by atoms with van der Waals surface area (Å²) in [7, 11) is -3.65. The molecule has 0 bridgehead atoms. The summed E-state index contributed by atoms with van der Waals surface area (Å²) in [5.41, 5.74) is 4.37. The van der Waals surface area contributed by atoms with Gasteiger partial charge in [0.1, 0.15) is 5.82 Å². The first-order valence-electron chi connectivity index (χ1n) is 10.5. The van der Waals surface area contributed by atoms with Crippen molar-refractivity contribution in [2.75, 3.05) is 18.5 Å². The molecule has 0 unspecified atom stereocenters. The molecule has 0 radical (unpaired) electrons. The number of hydrogen-bond donors (Lipinski definition) is 3. The summed E-state index contributed by atoms with van der Waals surface area (Å²) in [5, 5.41) is 17.0. The summed E-state index contributed by atoms with van der Waals surface area (Å²) in [6.07, 6.45) is 2.30. The fraction of sp³-hybridized carbons (Fsp3) is 0.217. The van der Waals surface area contributed by atoms with Crippen LogP contribution < -0.4 is 10.0 Å². The highest BCUT2D eigenvalue weighted by Crippen LogP contribution is 2.40. The fourth-order valence-corrected chi connectivity index (χ4v) is 4.57. The highest BCUT2D eigenvalue weighted by atomic mass is 32.2. The van der Waals surface area contributed by atoms with Gasteiger partial charge in [-0.25, -0.2) is 18.1 Å². The minimum atomic E-state index is -3.65. The van der Waals surface area contributed by atoms with E-state index in [1.54, 1.807) is 16.6 Å². The molecule has 164 valence electrons. The van der Waals surface area contributed by atoms with Gasteiger partial charge in [0, 0.05) is 35.8 Å². The molecule has 8 nitrogen and oxygen atoms in total. The summed E-state index contributed by atoms with van der Waals surface area (Å²) in [6, 6.07) is 20.4. The Bertz CT molecular complexity index is 1350. The second kappa shape index (κ2) is 8.34. The molecule has 2 heterocycles. The lowest BCUT2D eigenvalue weighted by Crippen LogP contribution is -2.26. The number of aliphatic hydroxyl groups is 1. The standard InChI is InChI=1S/C23H23N5O3S/c29-13-12-24-32(30,31)19-10-8-18(9-11-19)25-22-14-20(16-4-2-1-3-5-16)26-23-15-21(17-6-7-17)27-28(22)23/h1-5,8-11,14-15,17,24-25,29H,6-7,12-13H2. The third-order valence-electron chi connectivity index (χ3n) is 5.35. The maximum absolute atomic E-state index is 12.2. The van der Waals surface area contributed by atoms with Crippen LogP contribution in [0.1, 0.15) is 24.5 Å². The van der Waals surface area contributed by atoms with E-state index in [0.29, 0.717) is 5.92 Å². The minimum Gasteiger partial charge on any atom is -0.395 e. The number of nitrogens with zero attached hydrogens (tertiary/aromatic N) is 3. The number of fused-ring (bicyclic) bond motifs is 1. The topological polar surface area (TPSA) is 109 Å². The molecule has 0 aliphatic heterocycles. The smallest absolute Gasteiger partial charge is 0.240 e. The Balaban J connectivity index is 1.50. The molecular formula is C23H23N5O3S. The average Bonchev–Trinajstić information content (AvgIpc) is 3.57. The molecule has 9 heteroatoms. The van der Waals surface area contributed by atoms with Gasteiger partial charge in [-0.2, -0.15) is 9.61 Å². The van der Waals surface area contributed by atoms with Crippen molar-refractivity contribution < 1.29 is 13.5 Å². The van der Waals surface area contributed by atoms with E-state index >= 15 is 0 Å². The van der Waals surface area contributed by atoms with Crippen molar-refractivity contribution in [3.63, 3.8) is 0 Å². The maximum atomic E-state index is 12.2. The number of nitrogens with one attached hydrogen (secondary N) is 2. The lowest BCUT2D eigenvalue weighted by atomic mass is 10.1. The third-order valence-corrected chi connectivity index (χ3v) is 6.83. The molecule has 0 saturated heterocycles. The number of sulfonamides is 1. The van der Waals surface area contributed by atoms with Crippen LogP contribution >= 0.6 is 0 Å². The van der Waals surface area contributed by atoms with Crippen LogP contribution in [0.2, 0.25) is 0 Å². The number of aromatic nitrogens is 3. The molecule has 1 aliphatic rings. The molecule has 2 aromatic heterocycles. The average molecular weight is 450 g/mol. The van der Waals surface area contributed by atoms with Gasteiger partial charge in [0.2, 0.25) is 10.0 Å². The van der Waals surface area contributed by atoms with Crippen LogP contribution in [-0.2, 0) is 10.0 Å². The van der Waals surface area contributed by atoms with Gasteiger partial charge in [-0.3, -0.25) is 0 Å². The van der Waals surface area contributed by atoms with E-state index in [1.807, 2.05) is 42.5 Å². The van der Waals surface area contributed by atoms with Gasteiger partial charge in [0.15, 0.2) is 5.65 Å². The van der Waals surface area contributed by atoms with Crippen LogP contribution in [0.15, 0.2) is 71.6 Å². The Kier molecular flexibility index (Phi) is 5.38. The SMILES string of the molecule is O=S(=O)(NCCO)c1ccc(Nc2cc(-c3ccccc3)nc3cc(C4CC4)nn23)cc1. The van der Waals surface area contributed by atoms with Gasteiger partial charge in [-0.1, -0.05) is 30.3 Å². The molecule has 3 N–H and O–H groups in total. The van der Waals surface area contributed by atoms with Crippen LogP contribution in [0.3, 0.4) is 0 Å². The number of benzene rings is 2. The van der Waals surface area contributed by atoms with Crippen molar-refractivity contribution in [2.24, 2.45) is 0 Å². The molecule has 0 atom stereocenters. The van der Waals surface area contributed by atoms with Crippen LogP contribution in [0.25, 0.3) is 16.9 Å². The van der Waals surface area contributed by atoms with E-state index in [9.17, 15) is 8.42 Å². The largest absolute Gasteiger partial charge is 0.395 e. The van der Waals surface area contributed by atoms with Gasteiger partial charge in [0.05, 0.1) is 22.9 Å². The van der Waals surface area contributed by atoms with Crippen molar-refractivity contribution in [3.8, 4) is 11.3 Å². The molecule has 1 aliphatic carbocycles. The Hall–Kier alpha value is -3.27. The van der Waals surface area contributed by atoms with Crippen molar-refractivity contribution in [3.05, 3.63) is 72.4 Å². The van der Waals surface area contributed by atoms with Gasteiger partial charge >= 0.3 is 0 Å². The van der Waals surface area contributed by atoms with E-state index in [-0.39, 0.29) is 18.0 Å². The van der Waals surface area contributed by atoms with Gasteiger partial charge in [0.25, 0.3) is 0 Å². The molecule has 5 rings (SSSR count). The zero-order chi connectivity index (χ0) is 22.1. The fourth-order valence-electron chi connectivity index (χ4n) is 3.55. The number of anilines is 2. The number of hydrogen-bond acceptors (Lipinski definition) is 6. The molecular weight excluding hydrogens is 426 g/mol. The summed E-state index contributed by atoms with van der Waals surface area (Å²) in [6.45, 7) is -0.282. The van der Waals surface area contributed by atoms with E-state index in [4.69, 9.17) is 15.2 Å². The number of rotatable bonds is 8. The first kappa shape index (κ1) is 20.6. The molecule has 0 amide bonds. The predicted molar refractivity (Wildman–Crippen MR) is 122 cm³/mol. The zero-order valence-electron chi connectivity index (χ0n) is 17.3. The Morgan fingerprint density at radius 2 is 1.78 bits per heavy atom. The van der Waals surface area contributed by atoms with Crippen LogP contribution in [0, 0.1) is 0 Å². The summed E-state index contributed by atoms with van der Waals surface area (Å²) >= 11 is 0. The molecule has 1 fully saturated rings. The molecule has 4 aromatic rings. The summed E-state index contributed by atoms with van der Waals surface area (Å²) < 4.78 is 28.6. The lowest BCUT2D eigenvalue weighted by Gasteiger charge is -2.12. The summed E-state index contributed by atoms with van der Waals surface area (Å²) in [5.74, 6) is 1.25. The van der Waals surface area contributed by atoms with Crippen LogP contribution in [0.5, 0.6) is 0 Å². The molecule has 0 spiro atoms. The van der Waals surface area contributed by atoms with E-state index in [0.717, 1.165) is 46.9 Å². The van der Waals surface area contributed by atoms with Crippen molar-refractivity contribution in [1.29, 1.82) is 0 Å². The first-order chi connectivity index (χ1) is 15.5. The van der Waals surface area contributed by atoms with Crippen molar-refractivity contribution >= 4 is 27.2 Å². The van der Waals surface area contributed by atoms with Gasteiger partial charge in [-0.15, -0.1) is 0 Å². The van der Waals surface area contributed by atoms with E-state index < -0.39 is 10.0 Å². The first-order valence-corrected chi connectivity index (χ1v) is 12.0. The Morgan fingerprint density at radius 1 is 1.03 bits per heavy atom. The van der Waals surface area contributed by atoms with Gasteiger partial charge in [-0.05, 0) is 37.1 Å². The van der Waals surface area contributed by atoms with E-state index in [1.165, 1.54) is 12.1 Å². The quantitative estimate of drug-likeness (QED) is 0.381. The normalized spacial score (nSPS) is 14.0. The Morgan fingerprint density at radius 3 is 2.47 bits per heavy atom. The molecule has 32 heavy (non-hydrogen) atoms. The van der Waals surface area contributed by atoms with Crippen molar-refractivity contribution in [1.82, 2.24) is 19.3 Å². The van der Waals surface area contributed by atoms with Crippen molar-refractivity contribution in [2.45, 2.75) is 23.7 Å². The maximum Gasteiger partial charge on any atom is 0.240 e. The molecule has 2 aromatic carbocycles. The minimum absolute atomic E-state index is 0.0256. The molecule has 1 saturated carbocycles. The second-order valence-electron chi connectivity index (χ2n) is 7.78. The third kappa shape index (κ3) is 4.22.